The van der Waals surface area contributed by atoms with Crippen molar-refractivity contribution in [2.75, 3.05) is 5.32 Å². The van der Waals surface area contributed by atoms with Crippen LogP contribution < -0.4 is 16.4 Å². The lowest BCUT2D eigenvalue weighted by Crippen LogP contribution is -2.43. The Morgan fingerprint density at radius 3 is 2.81 bits per heavy atom. The second-order valence-electron chi connectivity index (χ2n) is 7.44. The van der Waals surface area contributed by atoms with Gasteiger partial charge in [-0.15, -0.1) is 0 Å². The summed E-state index contributed by atoms with van der Waals surface area (Å²) < 4.78 is 0. The zero-order valence-corrected chi connectivity index (χ0v) is 12.9. The lowest BCUT2D eigenvalue weighted by molar-refractivity contribution is 0.296. The fraction of sp³-hybridized carbons (Fsp3) is 0.556. The molecule has 1 aromatic carbocycles. The largest absolute Gasteiger partial charge is 0.388 e. The molecule has 1 aromatic rings. The van der Waals surface area contributed by atoms with E-state index in [-0.39, 0.29) is 5.41 Å². The molecular weight excluding hydrogens is 258 g/mol. The number of hydrogen-bond donors (Lipinski definition) is 3. The van der Waals surface area contributed by atoms with E-state index in [1.807, 2.05) is 0 Å². The molecule has 0 saturated heterocycles. The molecule has 3 nitrogen and oxygen atoms in total. The Morgan fingerprint density at radius 1 is 1.19 bits per heavy atom. The molecule has 0 amide bonds. The summed E-state index contributed by atoms with van der Waals surface area (Å²) in [6.45, 7) is 4.71. The second kappa shape index (κ2) is 4.51. The number of rotatable bonds is 1. The summed E-state index contributed by atoms with van der Waals surface area (Å²) in [7, 11) is 0. The fourth-order valence-electron chi connectivity index (χ4n) is 4.54. The number of fused-ring (bicyclic) bond motifs is 2. The van der Waals surface area contributed by atoms with Gasteiger partial charge in [-0.05, 0) is 42.7 Å². The first-order valence-electron chi connectivity index (χ1n) is 8.15. The van der Waals surface area contributed by atoms with Crippen LogP contribution in [0.4, 0.5) is 5.69 Å². The van der Waals surface area contributed by atoms with Crippen LogP contribution in [0.1, 0.15) is 38.7 Å². The van der Waals surface area contributed by atoms with Gasteiger partial charge >= 0.3 is 0 Å². The molecule has 0 spiro atoms. The van der Waals surface area contributed by atoms with Crippen molar-refractivity contribution < 1.29 is 0 Å². The molecule has 4 unspecified atom stereocenters. The number of anilines is 1. The highest BCUT2D eigenvalue weighted by atomic mass is 15.0. The monoisotopic (exact) mass is 283 g/mol. The molecule has 21 heavy (non-hydrogen) atoms. The van der Waals surface area contributed by atoms with Gasteiger partial charge in [0, 0.05) is 29.1 Å². The molecule has 3 heteroatoms. The van der Waals surface area contributed by atoms with Crippen LogP contribution in [0.15, 0.2) is 36.0 Å². The van der Waals surface area contributed by atoms with Crippen molar-refractivity contribution in [3.05, 3.63) is 41.6 Å². The number of para-hydroxylation sites is 1. The maximum absolute atomic E-state index is 6.23. The summed E-state index contributed by atoms with van der Waals surface area (Å²) in [6, 6.07) is 10.1. The van der Waals surface area contributed by atoms with Gasteiger partial charge in [0.05, 0.1) is 6.04 Å². The first-order valence-corrected chi connectivity index (χ1v) is 8.15. The Labute approximate surface area is 127 Å². The normalized spacial score (nSPS) is 36.2. The zero-order valence-electron chi connectivity index (χ0n) is 12.9. The standard InChI is InChI=1S/C18H25N3/c1-18(2)14-5-3-4-6-16(14)21-17(18)13-10-20-15-8-7-11(19)9-12(13)15/h3-6,10-12,15,17,20-21H,7-9,19H2,1-2H3. The van der Waals surface area contributed by atoms with E-state index >= 15 is 0 Å². The van der Waals surface area contributed by atoms with Crippen molar-refractivity contribution >= 4 is 5.69 Å². The Bertz CT molecular complexity index is 590. The number of nitrogens with two attached hydrogens (primary N) is 1. The molecular formula is C18H25N3. The van der Waals surface area contributed by atoms with Gasteiger partial charge in [-0.3, -0.25) is 0 Å². The number of benzene rings is 1. The summed E-state index contributed by atoms with van der Waals surface area (Å²) in [5.74, 6) is 0.597. The summed E-state index contributed by atoms with van der Waals surface area (Å²) in [4.78, 5) is 0. The first-order chi connectivity index (χ1) is 10.1. The molecule has 0 aromatic heterocycles. The van der Waals surface area contributed by atoms with Gasteiger partial charge in [0.15, 0.2) is 0 Å². The minimum Gasteiger partial charge on any atom is -0.388 e. The quantitative estimate of drug-likeness (QED) is 0.743. The third-order valence-corrected chi connectivity index (χ3v) is 5.76. The Balaban J connectivity index is 1.66. The van der Waals surface area contributed by atoms with Gasteiger partial charge in [-0.25, -0.2) is 0 Å². The van der Waals surface area contributed by atoms with Crippen LogP contribution in [0.3, 0.4) is 0 Å². The first kappa shape index (κ1) is 13.2. The summed E-state index contributed by atoms with van der Waals surface area (Å²) in [5.41, 5.74) is 10.6. The van der Waals surface area contributed by atoms with Crippen LogP contribution in [0.25, 0.3) is 0 Å². The van der Waals surface area contributed by atoms with E-state index < -0.39 is 0 Å². The lowest BCUT2D eigenvalue weighted by Gasteiger charge is -2.36. The third kappa shape index (κ3) is 1.90. The minimum atomic E-state index is 0.126. The fourth-order valence-corrected chi connectivity index (χ4v) is 4.54. The topological polar surface area (TPSA) is 50.1 Å². The van der Waals surface area contributed by atoms with Crippen LogP contribution in [-0.2, 0) is 5.41 Å². The van der Waals surface area contributed by atoms with Crippen LogP contribution in [0, 0.1) is 5.92 Å². The molecule has 4 atom stereocenters. The molecule has 4 N–H and O–H groups in total. The van der Waals surface area contributed by atoms with Gasteiger partial charge in [0.2, 0.25) is 0 Å². The van der Waals surface area contributed by atoms with Crippen molar-refractivity contribution in [1.82, 2.24) is 5.32 Å². The average molecular weight is 283 g/mol. The van der Waals surface area contributed by atoms with Crippen molar-refractivity contribution in [3.63, 3.8) is 0 Å². The Hall–Kier alpha value is -1.48. The highest BCUT2D eigenvalue weighted by Gasteiger charge is 2.46. The van der Waals surface area contributed by atoms with Gasteiger partial charge < -0.3 is 16.4 Å². The van der Waals surface area contributed by atoms with Crippen molar-refractivity contribution in [2.45, 2.75) is 56.7 Å². The van der Waals surface area contributed by atoms with E-state index in [4.69, 9.17) is 5.73 Å². The summed E-state index contributed by atoms with van der Waals surface area (Å²) >= 11 is 0. The maximum atomic E-state index is 6.23. The molecule has 0 radical (unpaired) electrons. The molecule has 1 fully saturated rings. The van der Waals surface area contributed by atoms with Crippen LogP contribution in [0.2, 0.25) is 0 Å². The highest BCUT2D eigenvalue weighted by molar-refractivity contribution is 5.64. The van der Waals surface area contributed by atoms with Gasteiger partial charge in [-0.1, -0.05) is 32.0 Å². The van der Waals surface area contributed by atoms with Crippen LogP contribution in [-0.4, -0.2) is 18.1 Å². The lowest BCUT2D eigenvalue weighted by atomic mass is 9.71. The molecule has 1 saturated carbocycles. The van der Waals surface area contributed by atoms with E-state index in [0.29, 0.717) is 24.0 Å². The highest BCUT2D eigenvalue weighted by Crippen LogP contribution is 2.47. The van der Waals surface area contributed by atoms with Crippen molar-refractivity contribution in [2.24, 2.45) is 11.7 Å². The smallest absolute Gasteiger partial charge is 0.0586 e. The predicted octanol–water partition coefficient (Wildman–Crippen LogP) is 2.74. The number of nitrogens with one attached hydrogen (secondary N) is 2. The SMILES string of the molecule is CC1(C)c2ccccc2NC1C1=CNC2CCC(N)CC12. The summed E-state index contributed by atoms with van der Waals surface area (Å²) in [6.07, 6.45) is 5.75. The third-order valence-electron chi connectivity index (χ3n) is 5.76. The second-order valence-corrected chi connectivity index (χ2v) is 7.44. The predicted molar refractivity (Wildman–Crippen MR) is 87.2 cm³/mol. The Morgan fingerprint density at radius 2 is 2.00 bits per heavy atom. The number of hydrogen-bond acceptors (Lipinski definition) is 3. The van der Waals surface area contributed by atoms with Crippen LogP contribution in [0.5, 0.6) is 0 Å². The minimum absolute atomic E-state index is 0.126. The molecule has 3 aliphatic rings. The molecule has 112 valence electrons. The van der Waals surface area contributed by atoms with Gasteiger partial charge in [0.1, 0.15) is 0 Å². The van der Waals surface area contributed by atoms with E-state index in [1.165, 1.54) is 23.2 Å². The van der Waals surface area contributed by atoms with E-state index in [0.717, 1.165) is 12.8 Å². The summed E-state index contributed by atoms with van der Waals surface area (Å²) in [5, 5.41) is 7.38. The van der Waals surface area contributed by atoms with Gasteiger partial charge in [0.25, 0.3) is 0 Å². The van der Waals surface area contributed by atoms with Crippen LogP contribution >= 0.6 is 0 Å². The van der Waals surface area contributed by atoms with E-state index in [1.54, 1.807) is 0 Å². The molecule has 4 rings (SSSR count). The van der Waals surface area contributed by atoms with E-state index in [9.17, 15) is 0 Å². The van der Waals surface area contributed by atoms with Crippen molar-refractivity contribution in [1.29, 1.82) is 0 Å². The van der Waals surface area contributed by atoms with Gasteiger partial charge in [-0.2, -0.15) is 0 Å². The molecule has 2 aliphatic heterocycles. The molecule has 0 bridgehead atoms. The Kier molecular flexibility index (Phi) is 2.83. The maximum Gasteiger partial charge on any atom is 0.0586 e. The van der Waals surface area contributed by atoms with Crippen molar-refractivity contribution in [3.8, 4) is 0 Å². The average Bonchev–Trinajstić information content (AvgIpc) is 2.98. The molecule has 1 aliphatic carbocycles. The van der Waals surface area contributed by atoms with E-state index in [2.05, 4.69) is 54.9 Å². The molecule has 2 heterocycles. The zero-order chi connectivity index (χ0) is 14.6.